The molecule has 0 aliphatic heterocycles. The van der Waals surface area contributed by atoms with E-state index >= 15 is 0 Å². The van der Waals surface area contributed by atoms with Crippen LogP contribution in [0, 0.1) is 0 Å². The van der Waals surface area contributed by atoms with Gasteiger partial charge in [0.15, 0.2) is 0 Å². The maximum atomic E-state index is 6.98. The van der Waals surface area contributed by atoms with Gasteiger partial charge in [0.2, 0.25) is 0 Å². The predicted octanol–water partition coefficient (Wildman–Crippen LogP) is -12.9. The molecule has 1 heterocycles. The standard InChI is InChI=1S/C46H43B15O/c47-30-27(35(52)43(60)45-28(30)29-36(53)41(58)42(59)44(61)46(29)62-45)22-25-23(31(48)37(54)39(56)33(25)50)21(24-26(22)34(51)40(57)38(55)32(24)49)20-10-9-18-12-17(7-8-19(18)13-20)16-6-5-14-3-1-2-4-15(14)11-16/h1-13H,47-61H2. The fraction of sp³-hybridized carbons (Fsp3) is 0. The normalized spacial score (nSPS) is 11.9. The summed E-state index contributed by atoms with van der Waals surface area (Å²) in [5.41, 5.74) is 29.9. The van der Waals surface area contributed by atoms with Crippen molar-refractivity contribution in [1.82, 2.24) is 0 Å². The van der Waals surface area contributed by atoms with Crippen molar-refractivity contribution in [2.75, 3.05) is 0 Å². The van der Waals surface area contributed by atoms with Gasteiger partial charge in [0.05, 0.1) is 0 Å². The van der Waals surface area contributed by atoms with Crippen LogP contribution < -0.4 is 81.9 Å². The van der Waals surface area contributed by atoms with Crippen LogP contribution in [0.4, 0.5) is 0 Å². The SMILES string of the molecule is Bc1c(B)c(B)c2c(oc3c(B)c(B)c(-c4c5c(B)c(B)c(B)c(B)c5c(-c5ccc6cc(-c7ccc8ccccc8c7)ccc6c5)c5c(B)c(B)c(B)c(B)c45)c(B)c32)c1B. The molecule has 0 aliphatic rings. The highest BCUT2D eigenvalue weighted by Crippen LogP contribution is 2.41. The van der Waals surface area contributed by atoms with Crippen molar-refractivity contribution in [1.29, 1.82) is 0 Å². The minimum atomic E-state index is 1.03. The van der Waals surface area contributed by atoms with Crippen molar-refractivity contribution in [2.45, 2.75) is 0 Å². The highest BCUT2D eigenvalue weighted by Gasteiger charge is 2.29. The Morgan fingerprint density at radius 2 is 0.581 bits per heavy atom. The second-order valence-corrected chi connectivity index (χ2v) is 18.8. The van der Waals surface area contributed by atoms with Crippen LogP contribution in [0.2, 0.25) is 0 Å². The van der Waals surface area contributed by atoms with E-state index in [2.05, 4.69) is 197 Å². The second kappa shape index (κ2) is 14.4. The summed E-state index contributed by atoms with van der Waals surface area (Å²) < 4.78 is 6.98. The van der Waals surface area contributed by atoms with Crippen LogP contribution in [0.5, 0.6) is 0 Å². The molecule has 62 heavy (non-hydrogen) atoms. The lowest BCUT2D eigenvalue weighted by atomic mass is 9.58. The minimum Gasteiger partial charge on any atom is -0.457 e. The molecule has 0 radical (unpaired) electrons. The highest BCUT2D eigenvalue weighted by atomic mass is 16.3. The van der Waals surface area contributed by atoms with E-state index in [4.69, 9.17) is 4.42 Å². The quantitative estimate of drug-likeness (QED) is 0.129. The van der Waals surface area contributed by atoms with Gasteiger partial charge in [-0.25, -0.2) is 0 Å². The van der Waals surface area contributed by atoms with E-state index in [-0.39, 0.29) is 0 Å². The number of hydrogen-bond donors (Lipinski definition) is 0. The zero-order valence-electron chi connectivity index (χ0n) is 39.4. The summed E-state index contributed by atoms with van der Waals surface area (Å²) in [6.07, 6.45) is 0. The number of hydrogen-bond acceptors (Lipinski definition) is 1. The molecule has 10 rings (SSSR count). The molecule has 0 aliphatic carbocycles. The zero-order chi connectivity index (χ0) is 44.0. The van der Waals surface area contributed by atoms with Crippen LogP contribution >= 0.6 is 0 Å². The number of fused-ring (bicyclic) bond motifs is 7. The average Bonchev–Trinajstić information content (AvgIpc) is 3.69. The smallest absolute Gasteiger partial charge is 0.143 e. The van der Waals surface area contributed by atoms with E-state index in [0.29, 0.717) is 0 Å². The van der Waals surface area contributed by atoms with Crippen molar-refractivity contribution in [3.63, 3.8) is 0 Å². The fourth-order valence-electron chi connectivity index (χ4n) is 11.3. The fourth-order valence-corrected chi connectivity index (χ4v) is 11.3. The Bertz CT molecular complexity index is 3620. The van der Waals surface area contributed by atoms with Crippen molar-refractivity contribution in [2.24, 2.45) is 0 Å². The molecule has 0 saturated heterocycles. The number of rotatable bonds is 3. The molecule has 0 amide bonds. The van der Waals surface area contributed by atoms with Crippen LogP contribution in [-0.2, 0) is 0 Å². The molecule has 278 valence electrons. The first kappa shape index (κ1) is 40.8. The summed E-state index contributed by atoms with van der Waals surface area (Å²) in [6, 6.07) is 29.6. The van der Waals surface area contributed by atoms with Gasteiger partial charge in [-0.05, 0) is 94.7 Å². The van der Waals surface area contributed by atoms with Crippen LogP contribution in [0.15, 0.2) is 83.3 Å². The van der Waals surface area contributed by atoms with E-state index < -0.39 is 0 Å². The van der Waals surface area contributed by atoms with E-state index in [1.807, 2.05) is 0 Å². The van der Waals surface area contributed by atoms with Crippen LogP contribution in [-0.4, -0.2) is 118 Å². The highest BCUT2D eigenvalue weighted by molar-refractivity contribution is 6.73. The van der Waals surface area contributed by atoms with Gasteiger partial charge in [-0.15, -0.1) is 27.3 Å². The summed E-state index contributed by atoms with van der Waals surface area (Å²) in [5, 5.41) is 13.1. The van der Waals surface area contributed by atoms with Gasteiger partial charge >= 0.3 is 0 Å². The Labute approximate surface area is 379 Å². The van der Waals surface area contributed by atoms with Crippen molar-refractivity contribution in [3.8, 4) is 33.4 Å². The molecule has 1 aromatic heterocycles. The van der Waals surface area contributed by atoms with E-state index in [0.717, 1.165) is 11.2 Å². The summed E-state index contributed by atoms with van der Waals surface area (Å²) in [7, 11) is 34.9. The largest absolute Gasteiger partial charge is 0.457 e. The van der Waals surface area contributed by atoms with Gasteiger partial charge in [0.25, 0.3) is 0 Å². The molecule has 0 N–H and O–H groups in total. The van der Waals surface area contributed by atoms with Crippen LogP contribution in [0.25, 0.3) is 98.4 Å². The molecule has 0 unspecified atom stereocenters. The average molecular weight is 774 g/mol. The molecule has 16 heteroatoms. The van der Waals surface area contributed by atoms with Crippen LogP contribution in [0.1, 0.15) is 0 Å². The Balaban J connectivity index is 1.35. The van der Waals surface area contributed by atoms with Gasteiger partial charge in [0, 0.05) is 10.8 Å². The lowest BCUT2D eigenvalue weighted by Crippen LogP contribution is -2.50. The molecule has 0 spiro atoms. The third-order valence-corrected chi connectivity index (χ3v) is 16.2. The Hall–Kier alpha value is -5.21. The van der Waals surface area contributed by atoms with Gasteiger partial charge in [0.1, 0.15) is 129 Å². The summed E-state index contributed by atoms with van der Waals surface area (Å²) >= 11 is 0. The molecule has 0 fully saturated rings. The minimum absolute atomic E-state index is 1.03. The predicted molar refractivity (Wildman–Crippen MR) is 323 cm³/mol. The molecule has 9 aromatic carbocycles. The van der Waals surface area contributed by atoms with Gasteiger partial charge in [-0.2, -0.15) is 0 Å². The Morgan fingerprint density at radius 3 is 1.08 bits per heavy atom. The third kappa shape index (κ3) is 5.57. The molecule has 0 saturated carbocycles. The van der Waals surface area contributed by atoms with Crippen molar-refractivity contribution < 1.29 is 4.42 Å². The first-order valence-electron chi connectivity index (χ1n) is 22.4. The molecule has 1 nitrogen and oxygen atoms in total. The van der Waals surface area contributed by atoms with Gasteiger partial charge in [-0.1, -0.05) is 115 Å². The Morgan fingerprint density at radius 1 is 0.242 bits per heavy atom. The molecular formula is C46H43B15O. The first-order chi connectivity index (χ1) is 29.5. The second-order valence-electron chi connectivity index (χ2n) is 18.8. The van der Waals surface area contributed by atoms with E-state index in [1.165, 1.54) is 169 Å². The summed E-state index contributed by atoms with van der Waals surface area (Å²) in [4.78, 5) is 0. The lowest BCUT2D eigenvalue weighted by Gasteiger charge is -2.30. The van der Waals surface area contributed by atoms with Crippen molar-refractivity contribution in [3.05, 3.63) is 78.9 Å². The van der Waals surface area contributed by atoms with Gasteiger partial charge in [-0.3, -0.25) is 0 Å². The zero-order valence-corrected chi connectivity index (χ0v) is 39.4. The maximum absolute atomic E-state index is 6.98. The van der Waals surface area contributed by atoms with E-state index in [1.54, 1.807) is 0 Å². The number of benzene rings is 9. The number of furan rings is 1. The summed E-state index contributed by atoms with van der Waals surface area (Å²) in [6.45, 7) is 0. The maximum Gasteiger partial charge on any atom is 0.143 e. The van der Waals surface area contributed by atoms with Crippen LogP contribution in [0.3, 0.4) is 0 Å². The molecule has 0 bridgehead atoms. The molecule has 10 aromatic rings. The van der Waals surface area contributed by atoms with E-state index in [9.17, 15) is 0 Å². The van der Waals surface area contributed by atoms with Crippen molar-refractivity contribution >= 4 is 265 Å². The van der Waals surface area contributed by atoms with Gasteiger partial charge < -0.3 is 4.42 Å². The first-order valence-corrected chi connectivity index (χ1v) is 22.4. The summed E-state index contributed by atoms with van der Waals surface area (Å²) in [5.74, 6) is 0. The Kier molecular flexibility index (Phi) is 9.50. The molecular weight excluding hydrogens is 731 g/mol. The topological polar surface area (TPSA) is 13.1 Å². The lowest BCUT2D eigenvalue weighted by molar-refractivity contribution is 0.675. The third-order valence-electron chi connectivity index (χ3n) is 16.2. The molecule has 0 atom stereocenters. The monoisotopic (exact) mass is 776 g/mol.